The lowest BCUT2D eigenvalue weighted by molar-refractivity contribution is 0.100. The molecule has 3 amide bonds. The molecule has 0 saturated carbocycles. The van der Waals surface area contributed by atoms with E-state index in [0.717, 1.165) is 19.5 Å². The van der Waals surface area contributed by atoms with Crippen molar-refractivity contribution < 1.29 is 9.59 Å². The highest BCUT2D eigenvalue weighted by atomic mass is 16.2. The van der Waals surface area contributed by atoms with Crippen LogP contribution in [0.1, 0.15) is 16.8 Å². The fraction of sp³-hybridized carbons (Fsp3) is 0.429. The van der Waals surface area contributed by atoms with Crippen LogP contribution < -0.4 is 11.1 Å². The van der Waals surface area contributed by atoms with Crippen molar-refractivity contribution in [3.8, 4) is 0 Å². The van der Waals surface area contributed by atoms with Gasteiger partial charge in [0.05, 0.1) is 0 Å². The van der Waals surface area contributed by atoms with Gasteiger partial charge in [-0.2, -0.15) is 0 Å². The Hall–Kier alpha value is -2.08. The molecule has 6 heteroatoms. The summed E-state index contributed by atoms with van der Waals surface area (Å²) >= 11 is 0. The third-order valence-electron chi connectivity index (χ3n) is 3.66. The summed E-state index contributed by atoms with van der Waals surface area (Å²) in [6.07, 6.45) is 0.987. The van der Waals surface area contributed by atoms with Gasteiger partial charge in [0, 0.05) is 30.9 Å². The zero-order valence-electron chi connectivity index (χ0n) is 11.8. The van der Waals surface area contributed by atoms with Gasteiger partial charge in [-0.1, -0.05) is 0 Å². The largest absolute Gasteiger partial charge is 0.366 e. The van der Waals surface area contributed by atoms with Crippen molar-refractivity contribution in [2.24, 2.45) is 5.73 Å². The Bertz CT molecular complexity index is 500. The number of hydrogen-bond acceptors (Lipinski definition) is 3. The molecule has 1 aromatic carbocycles. The summed E-state index contributed by atoms with van der Waals surface area (Å²) in [5.41, 5.74) is 6.25. The Labute approximate surface area is 118 Å². The number of carbonyl (C=O) groups excluding carboxylic acids is 2. The number of nitrogens with one attached hydrogen (secondary N) is 1. The molecule has 0 spiro atoms. The number of hydrogen-bond donors (Lipinski definition) is 2. The van der Waals surface area contributed by atoms with Crippen LogP contribution >= 0.6 is 0 Å². The van der Waals surface area contributed by atoms with Crippen molar-refractivity contribution >= 4 is 17.6 Å². The van der Waals surface area contributed by atoms with Gasteiger partial charge in [0.15, 0.2) is 0 Å². The second-order valence-electron chi connectivity index (χ2n) is 5.19. The number of rotatable bonds is 3. The topological polar surface area (TPSA) is 78.7 Å². The maximum atomic E-state index is 12.1. The molecule has 0 aromatic heterocycles. The summed E-state index contributed by atoms with van der Waals surface area (Å²) in [6, 6.07) is 6.64. The van der Waals surface area contributed by atoms with Crippen molar-refractivity contribution in [3.63, 3.8) is 0 Å². The summed E-state index contributed by atoms with van der Waals surface area (Å²) in [5.74, 6) is -0.478. The minimum absolute atomic E-state index is 0.142. The third kappa shape index (κ3) is 3.27. The second kappa shape index (κ2) is 5.92. The van der Waals surface area contributed by atoms with Crippen molar-refractivity contribution in [2.45, 2.75) is 12.5 Å². The van der Waals surface area contributed by atoms with Crippen LogP contribution in [-0.4, -0.2) is 55.0 Å². The predicted molar refractivity (Wildman–Crippen MR) is 77.6 cm³/mol. The van der Waals surface area contributed by atoms with E-state index in [2.05, 4.69) is 10.2 Å². The quantitative estimate of drug-likeness (QED) is 0.863. The number of urea groups is 1. The highest BCUT2D eigenvalue weighted by Crippen LogP contribution is 2.15. The van der Waals surface area contributed by atoms with Crippen molar-refractivity contribution in [1.82, 2.24) is 9.80 Å². The van der Waals surface area contributed by atoms with Gasteiger partial charge in [-0.3, -0.25) is 4.79 Å². The van der Waals surface area contributed by atoms with E-state index in [1.54, 1.807) is 36.2 Å². The first kappa shape index (κ1) is 14.3. The molecule has 1 atom stereocenters. The van der Waals surface area contributed by atoms with Crippen LogP contribution in [0.5, 0.6) is 0 Å². The number of likely N-dealkylation sites (tertiary alicyclic amines) is 1. The van der Waals surface area contributed by atoms with E-state index in [9.17, 15) is 9.59 Å². The average Bonchev–Trinajstić information content (AvgIpc) is 2.85. The van der Waals surface area contributed by atoms with Crippen molar-refractivity contribution in [1.29, 1.82) is 0 Å². The first-order chi connectivity index (χ1) is 9.47. The fourth-order valence-corrected chi connectivity index (χ4v) is 2.32. The third-order valence-corrected chi connectivity index (χ3v) is 3.66. The van der Waals surface area contributed by atoms with E-state index in [0.29, 0.717) is 11.3 Å². The van der Waals surface area contributed by atoms with Gasteiger partial charge in [-0.05, 0) is 44.3 Å². The molecule has 1 saturated heterocycles. The molecular weight excluding hydrogens is 256 g/mol. The van der Waals surface area contributed by atoms with E-state index in [1.807, 2.05) is 7.05 Å². The molecule has 1 aliphatic rings. The highest BCUT2D eigenvalue weighted by molar-refractivity contribution is 5.94. The highest BCUT2D eigenvalue weighted by Gasteiger charge is 2.26. The molecule has 1 heterocycles. The fourth-order valence-electron chi connectivity index (χ4n) is 2.32. The van der Waals surface area contributed by atoms with Crippen LogP contribution in [0.15, 0.2) is 24.3 Å². The van der Waals surface area contributed by atoms with Gasteiger partial charge in [-0.25, -0.2) is 4.79 Å². The summed E-state index contributed by atoms with van der Waals surface area (Å²) in [4.78, 5) is 27.0. The summed E-state index contributed by atoms with van der Waals surface area (Å²) < 4.78 is 0. The second-order valence-corrected chi connectivity index (χ2v) is 5.19. The standard InChI is InChI=1S/C14H20N4O2/c1-17-8-7-12(9-17)18(2)14(20)16-11-5-3-10(4-6-11)13(15)19/h3-6,12H,7-9H2,1-2H3,(H2,15,19)(H,16,20). The van der Waals surface area contributed by atoms with Gasteiger partial charge < -0.3 is 20.9 Å². The summed E-state index contributed by atoms with van der Waals surface area (Å²) in [7, 11) is 3.85. The molecule has 108 valence electrons. The first-order valence-electron chi connectivity index (χ1n) is 6.59. The molecule has 3 N–H and O–H groups in total. The van der Waals surface area contributed by atoms with Crippen molar-refractivity contribution in [3.05, 3.63) is 29.8 Å². The maximum absolute atomic E-state index is 12.1. The molecule has 1 aliphatic heterocycles. The molecular formula is C14H20N4O2. The molecule has 2 rings (SSSR count). The Morgan fingerprint density at radius 3 is 2.50 bits per heavy atom. The van der Waals surface area contributed by atoms with Crippen LogP contribution in [0.4, 0.5) is 10.5 Å². The molecule has 1 fully saturated rings. The van der Waals surface area contributed by atoms with Crippen LogP contribution in [0.2, 0.25) is 0 Å². The lowest BCUT2D eigenvalue weighted by atomic mass is 10.2. The van der Waals surface area contributed by atoms with E-state index >= 15 is 0 Å². The number of benzene rings is 1. The van der Waals surface area contributed by atoms with Gasteiger partial charge >= 0.3 is 6.03 Å². The molecule has 20 heavy (non-hydrogen) atoms. The molecule has 6 nitrogen and oxygen atoms in total. The number of carbonyl (C=O) groups is 2. The molecule has 0 bridgehead atoms. The van der Waals surface area contributed by atoms with E-state index in [1.165, 1.54) is 0 Å². The average molecular weight is 276 g/mol. The van der Waals surface area contributed by atoms with Crippen molar-refractivity contribution in [2.75, 3.05) is 32.5 Å². The molecule has 0 radical (unpaired) electrons. The van der Waals surface area contributed by atoms with Gasteiger partial charge in [0.25, 0.3) is 0 Å². The summed E-state index contributed by atoms with van der Waals surface area (Å²) in [5, 5.41) is 2.82. The minimum atomic E-state index is -0.478. The Kier molecular flexibility index (Phi) is 4.24. The smallest absolute Gasteiger partial charge is 0.321 e. The zero-order chi connectivity index (χ0) is 14.7. The normalized spacial score (nSPS) is 18.8. The zero-order valence-corrected chi connectivity index (χ0v) is 11.8. The molecule has 1 unspecified atom stereocenters. The van der Waals surface area contributed by atoms with Crippen LogP contribution in [-0.2, 0) is 0 Å². The van der Waals surface area contributed by atoms with Crippen LogP contribution in [0.3, 0.4) is 0 Å². The number of amides is 3. The van der Waals surface area contributed by atoms with Gasteiger partial charge in [0.1, 0.15) is 0 Å². The van der Waals surface area contributed by atoms with Gasteiger partial charge in [0.2, 0.25) is 5.91 Å². The first-order valence-corrected chi connectivity index (χ1v) is 6.59. The number of anilines is 1. The SMILES string of the molecule is CN1CCC(N(C)C(=O)Nc2ccc(C(N)=O)cc2)C1. The van der Waals surface area contributed by atoms with E-state index in [-0.39, 0.29) is 12.1 Å². The van der Waals surface area contributed by atoms with Crippen LogP contribution in [0.25, 0.3) is 0 Å². The molecule has 0 aliphatic carbocycles. The Balaban J connectivity index is 1.95. The number of nitrogens with zero attached hydrogens (tertiary/aromatic N) is 2. The monoisotopic (exact) mass is 276 g/mol. The lowest BCUT2D eigenvalue weighted by Crippen LogP contribution is -2.41. The lowest BCUT2D eigenvalue weighted by Gasteiger charge is -2.24. The minimum Gasteiger partial charge on any atom is -0.366 e. The summed E-state index contributed by atoms with van der Waals surface area (Å²) in [6.45, 7) is 1.90. The predicted octanol–water partition coefficient (Wildman–Crippen LogP) is 0.953. The maximum Gasteiger partial charge on any atom is 0.321 e. The Morgan fingerprint density at radius 1 is 1.35 bits per heavy atom. The number of likely N-dealkylation sites (N-methyl/N-ethyl adjacent to an activating group) is 2. The van der Waals surface area contributed by atoms with Gasteiger partial charge in [-0.15, -0.1) is 0 Å². The van der Waals surface area contributed by atoms with E-state index in [4.69, 9.17) is 5.73 Å². The van der Waals surface area contributed by atoms with Crippen LogP contribution in [0, 0.1) is 0 Å². The Morgan fingerprint density at radius 2 is 2.00 bits per heavy atom. The molecule has 1 aromatic rings. The number of nitrogens with two attached hydrogens (primary N) is 1. The number of primary amides is 1. The van der Waals surface area contributed by atoms with E-state index < -0.39 is 5.91 Å².